The Morgan fingerprint density at radius 1 is 1.31 bits per heavy atom. The van der Waals surface area contributed by atoms with Crippen LogP contribution in [0.2, 0.25) is 0 Å². The molecular weight excluding hydrogens is 206 g/mol. The second kappa shape index (κ2) is 4.45. The molecule has 0 aliphatic carbocycles. The molecule has 1 N–H and O–H groups in total. The van der Waals surface area contributed by atoms with Crippen LogP contribution in [0, 0.1) is 0 Å². The number of rotatable bonds is 4. The van der Waals surface area contributed by atoms with Crippen molar-refractivity contribution in [2.75, 3.05) is 19.0 Å². The number of hydrogen-bond donors (Lipinski definition) is 1. The SMILES string of the molecule is COCCCc1ccc2c(c1)C(=O)C(=O)N2. The van der Waals surface area contributed by atoms with E-state index in [1.165, 1.54) is 0 Å². The molecule has 0 aromatic heterocycles. The summed E-state index contributed by atoms with van der Waals surface area (Å²) in [5.41, 5.74) is 2.16. The molecule has 1 aromatic carbocycles. The zero-order valence-electron chi connectivity index (χ0n) is 9.08. The minimum absolute atomic E-state index is 0.441. The van der Waals surface area contributed by atoms with Gasteiger partial charge in [-0.2, -0.15) is 0 Å². The van der Waals surface area contributed by atoms with Crippen LogP contribution < -0.4 is 5.32 Å². The van der Waals surface area contributed by atoms with Crippen LogP contribution in [0.15, 0.2) is 18.2 Å². The number of benzene rings is 1. The first-order valence-corrected chi connectivity index (χ1v) is 5.20. The lowest BCUT2D eigenvalue weighted by Crippen LogP contribution is -2.12. The molecule has 4 nitrogen and oxygen atoms in total. The van der Waals surface area contributed by atoms with E-state index in [0.29, 0.717) is 17.9 Å². The third kappa shape index (κ3) is 1.97. The molecule has 0 saturated carbocycles. The normalized spacial score (nSPS) is 13.8. The molecule has 0 radical (unpaired) electrons. The highest BCUT2D eigenvalue weighted by molar-refractivity contribution is 6.51. The maximum Gasteiger partial charge on any atom is 0.296 e. The van der Waals surface area contributed by atoms with Crippen LogP contribution in [0.1, 0.15) is 22.3 Å². The van der Waals surface area contributed by atoms with E-state index >= 15 is 0 Å². The number of carbonyl (C=O) groups excluding carboxylic acids is 2. The van der Waals surface area contributed by atoms with Gasteiger partial charge in [0.2, 0.25) is 0 Å². The summed E-state index contributed by atoms with van der Waals surface area (Å²) in [5.74, 6) is -0.979. The van der Waals surface area contributed by atoms with Gasteiger partial charge in [-0.05, 0) is 30.5 Å². The fourth-order valence-electron chi connectivity index (χ4n) is 1.77. The summed E-state index contributed by atoms with van der Waals surface area (Å²) in [6.07, 6.45) is 1.76. The Morgan fingerprint density at radius 3 is 2.88 bits per heavy atom. The molecule has 1 aliphatic rings. The predicted molar refractivity (Wildman–Crippen MR) is 59.6 cm³/mol. The summed E-state index contributed by atoms with van der Waals surface area (Å²) in [4.78, 5) is 22.6. The third-order valence-electron chi connectivity index (χ3n) is 2.60. The Labute approximate surface area is 93.6 Å². The molecule has 84 valence electrons. The first-order valence-electron chi connectivity index (χ1n) is 5.20. The highest BCUT2D eigenvalue weighted by Crippen LogP contribution is 2.24. The van der Waals surface area contributed by atoms with Gasteiger partial charge < -0.3 is 10.1 Å². The van der Waals surface area contributed by atoms with E-state index in [1.807, 2.05) is 6.07 Å². The molecule has 1 amide bonds. The molecule has 1 heterocycles. The van der Waals surface area contributed by atoms with Crippen LogP contribution in [0.5, 0.6) is 0 Å². The molecular formula is C12H13NO3. The largest absolute Gasteiger partial charge is 0.385 e. The van der Waals surface area contributed by atoms with Crippen molar-refractivity contribution in [3.8, 4) is 0 Å². The van der Waals surface area contributed by atoms with E-state index in [9.17, 15) is 9.59 Å². The quantitative estimate of drug-likeness (QED) is 0.615. The van der Waals surface area contributed by atoms with E-state index in [4.69, 9.17) is 4.74 Å². The van der Waals surface area contributed by atoms with Gasteiger partial charge >= 0.3 is 0 Å². The average molecular weight is 219 g/mol. The molecule has 0 bridgehead atoms. The molecule has 0 saturated heterocycles. The summed E-state index contributed by atoms with van der Waals surface area (Å²) in [6, 6.07) is 5.48. The smallest absolute Gasteiger partial charge is 0.296 e. The fraction of sp³-hybridized carbons (Fsp3) is 0.333. The highest BCUT2D eigenvalue weighted by atomic mass is 16.5. The second-order valence-corrected chi connectivity index (χ2v) is 3.76. The minimum Gasteiger partial charge on any atom is -0.385 e. The van der Waals surface area contributed by atoms with Crippen molar-refractivity contribution in [1.29, 1.82) is 0 Å². The summed E-state index contributed by atoms with van der Waals surface area (Å²) in [7, 11) is 1.66. The average Bonchev–Trinajstić information content (AvgIpc) is 2.56. The Morgan fingerprint density at radius 2 is 2.12 bits per heavy atom. The lowest BCUT2D eigenvalue weighted by molar-refractivity contribution is -0.112. The molecule has 0 fully saturated rings. The van der Waals surface area contributed by atoms with E-state index in [2.05, 4.69) is 5.32 Å². The van der Waals surface area contributed by atoms with Crippen molar-refractivity contribution in [3.63, 3.8) is 0 Å². The number of hydrogen-bond acceptors (Lipinski definition) is 3. The number of ether oxygens (including phenoxy) is 1. The maximum atomic E-state index is 11.4. The molecule has 16 heavy (non-hydrogen) atoms. The Kier molecular flexibility index (Phi) is 3.01. The molecule has 0 unspecified atom stereocenters. The summed E-state index contributed by atoms with van der Waals surface area (Å²) >= 11 is 0. The monoisotopic (exact) mass is 219 g/mol. The molecule has 0 spiro atoms. The second-order valence-electron chi connectivity index (χ2n) is 3.76. The van der Waals surface area contributed by atoms with Gasteiger partial charge in [-0.25, -0.2) is 0 Å². The molecule has 2 rings (SSSR count). The van der Waals surface area contributed by atoms with Crippen LogP contribution in [0.3, 0.4) is 0 Å². The first kappa shape index (κ1) is 10.8. The minimum atomic E-state index is -0.538. The summed E-state index contributed by atoms with van der Waals surface area (Å²) in [6.45, 7) is 0.697. The molecule has 1 aliphatic heterocycles. The lowest BCUT2D eigenvalue weighted by atomic mass is 10.0. The highest BCUT2D eigenvalue weighted by Gasteiger charge is 2.27. The topological polar surface area (TPSA) is 55.4 Å². The van der Waals surface area contributed by atoms with E-state index in [1.54, 1.807) is 19.2 Å². The number of nitrogens with one attached hydrogen (secondary N) is 1. The number of amides is 1. The number of methoxy groups -OCH3 is 1. The van der Waals surface area contributed by atoms with Gasteiger partial charge in [0.15, 0.2) is 0 Å². The number of aryl methyl sites for hydroxylation is 1. The van der Waals surface area contributed by atoms with Gasteiger partial charge in [-0.1, -0.05) is 6.07 Å². The Bertz CT molecular complexity index is 440. The van der Waals surface area contributed by atoms with Crippen molar-refractivity contribution < 1.29 is 14.3 Å². The fourth-order valence-corrected chi connectivity index (χ4v) is 1.77. The maximum absolute atomic E-state index is 11.4. The van der Waals surface area contributed by atoms with Gasteiger partial charge in [-0.3, -0.25) is 9.59 Å². The Hall–Kier alpha value is -1.68. The van der Waals surface area contributed by atoms with Crippen LogP contribution in [0.4, 0.5) is 5.69 Å². The molecule has 4 heteroatoms. The number of anilines is 1. The van der Waals surface area contributed by atoms with Crippen molar-refractivity contribution in [2.45, 2.75) is 12.8 Å². The van der Waals surface area contributed by atoms with Crippen molar-refractivity contribution >= 4 is 17.4 Å². The zero-order valence-corrected chi connectivity index (χ0v) is 9.08. The van der Waals surface area contributed by atoms with Gasteiger partial charge in [0.05, 0.1) is 11.3 Å². The molecule has 0 atom stereocenters. The summed E-state index contributed by atoms with van der Waals surface area (Å²) < 4.78 is 4.96. The lowest BCUT2D eigenvalue weighted by Gasteiger charge is -2.03. The standard InChI is InChI=1S/C12H13NO3/c1-16-6-2-3-8-4-5-10-9(7-8)11(14)12(15)13-10/h4-5,7H,2-3,6H2,1H3,(H,13,14,15). The number of Topliss-reactive ketones (excluding diaryl/α,β-unsaturated/α-hetero) is 1. The molecule has 1 aromatic rings. The first-order chi connectivity index (χ1) is 7.72. The third-order valence-corrected chi connectivity index (χ3v) is 2.60. The number of fused-ring (bicyclic) bond motifs is 1. The van der Waals surface area contributed by atoms with E-state index in [-0.39, 0.29) is 0 Å². The van der Waals surface area contributed by atoms with Crippen molar-refractivity contribution in [2.24, 2.45) is 0 Å². The van der Waals surface area contributed by atoms with Gasteiger partial charge in [-0.15, -0.1) is 0 Å². The number of ketones is 1. The van der Waals surface area contributed by atoms with Crippen LogP contribution >= 0.6 is 0 Å². The van der Waals surface area contributed by atoms with Gasteiger partial charge in [0.1, 0.15) is 0 Å². The zero-order chi connectivity index (χ0) is 11.5. The number of carbonyl (C=O) groups is 2. The summed E-state index contributed by atoms with van der Waals surface area (Å²) in [5, 5.41) is 2.53. The van der Waals surface area contributed by atoms with Gasteiger partial charge in [0, 0.05) is 13.7 Å². The Balaban J connectivity index is 2.14. The van der Waals surface area contributed by atoms with Crippen LogP contribution in [-0.2, 0) is 16.0 Å². The van der Waals surface area contributed by atoms with Crippen molar-refractivity contribution in [3.05, 3.63) is 29.3 Å². The van der Waals surface area contributed by atoms with Gasteiger partial charge in [0.25, 0.3) is 11.7 Å². The predicted octanol–water partition coefficient (Wildman–Crippen LogP) is 1.40. The van der Waals surface area contributed by atoms with E-state index in [0.717, 1.165) is 18.4 Å². The van der Waals surface area contributed by atoms with E-state index < -0.39 is 11.7 Å². The van der Waals surface area contributed by atoms with Crippen LogP contribution in [-0.4, -0.2) is 25.4 Å². The van der Waals surface area contributed by atoms with Crippen molar-refractivity contribution in [1.82, 2.24) is 0 Å². The van der Waals surface area contributed by atoms with Crippen LogP contribution in [0.25, 0.3) is 0 Å².